The molecule has 1 amide bonds. The number of carbonyl (C=O) groups is 2. The van der Waals surface area contributed by atoms with Gasteiger partial charge in [0.1, 0.15) is 6.10 Å². The first-order valence-corrected chi connectivity index (χ1v) is 25.9. The van der Waals surface area contributed by atoms with E-state index in [0.717, 1.165) is 70.6 Å². The van der Waals surface area contributed by atoms with Crippen molar-refractivity contribution in [2.75, 3.05) is 6.61 Å². The van der Waals surface area contributed by atoms with Crippen LogP contribution in [-0.2, 0) is 14.3 Å². The van der Waals surface area contributed by atoms with E-state index >= 15 is 0 Å². The summed E-state index contributed by atoms with van der Waals surface area (Å²) in [5.41, 5.74) is 0. The molecule has 3 unspecified atom stereocenters. The summed E-state index contributed by atoms with van der Waals surface area (Å²) >= 11 is 0. The van der Waals surface area contributed by atoms with Gasteiger partial charge >= 0.3 is 5.97 Å². The van der Waals surface area contributed by atoms with Crippen molar-refractivity contribution in [1.29, 1.82) is 0 Å². The number of hydrogen-bond donors (Lipinski definition) is 3. The fraction of sp³-hybridized carbons (Fsp3) is 0.714. The van der Waals surface area contributed by atoms with Crippen molar-refractivity contribution in [3.63, 3.8) is 0 Å². The largest absolute Gasteiger partial charge is 0.462 e. The van der Waals surface area contributed by atoms with Gasteiger partial charge in [-0.05, 0) is 64.2 Å². The van der Waals surface area contributed by atoms with Gasteiger partial charge in [-0.1, -0.05) is 241 Å². The first kappa shape index (κ1) is 59.0. The number of amides is 1. The fourth-order valence-electron chi connectivity index (χ4n) is 7.46. The zero-order valence-electron chi connectivity index (χ0n) is 40.5. The van der Waals surface area contributed by atoms with Gasteiger partial charge in [0.05, 0.1) is 25.2 Å². The van der Waals surface area contributed by atoms with Crippen LogP contribution < -0.4 is 5.32 Å². The van der Waals surface area contributed by atoms with Gasteiger partial charge in [-0.2, -0.15) is 0 Å². The Morgan fingerprint density at radius 1 is 0.484 bits per heavy atom. The molecule has 0 saturated heterocycles. The van der Waals surface area contributed by atoms with E-state index in [1.165, 1.54) is 116 Å². The second-order valence-electron chi connectivity index (χ2n) is 17.3. The minimum absolute atomic E-state index is 0.0172. The molecule has 0 aromatic heterocycles. The van der Waals surface area contributed by atoms with Crippen LogP contribution in [0.25, 0.3) is 0 Å². The number of aliphatic hydroxyl groups excluding tert-OH is 2. The molecule has 0 spiro atoms. The number of unbranched alkanes of at least 4 members (excludes halogenated alkanes) is 24. The lowest BCUT2D eigenvalue weighted by atomic mass is 10.0. The highest BCUT2D eigenvalue weighted by molar-refractivity contribution is 5.77. The minimum Gasteiger partial charge on any atom is -0.462 e. The highest BCUT2D eigenvalue weighted by atomic mass is 16.5. The van der Waals surface area contributed by atoms with Gasteiger partial charge in [0.2, 0.25) is 5.91 Å². The highest BCUT2D eigenvalue weighted by Gasteiger charge is 2.24. The van der Waals surface area contributed by atoms with E-state index in [4.69, 9.17) is 4.74 Å². The van der Waals surface area contributed by atoms with Crippen molar-refractivity contribution in [2.45, 2.75) is 251 Å². The van der Waals surface area contributed by atoms with E-state index in [1.54, 1.807) is 0 Å². The third-order valence-electron chi connectivity index (χ3n) is 11.4. The van der Waals surface area contributed by atoms with E-state index in [1.807, 2.05) is 60.8 Å². The van der Waals surface area contributed by atoms with E-state index in [0.29, 0.717) is 19.3 Å². The molecule has 0 bridgehead atoms. The van der Waals surface area contributed by atoms with E-state index in [-0.39, 0.29) is 24.9 Å². The number of aliphatic hydroxyl groups is 2. The van der Waals surface area contributed by atoms with Crippen LogP contribution in [0, 0.1) is 0 Å². The Balaban J connectivity index is 4.73. The standard InChI is InChI=1S/C56H97NO5/c1-4-7-10-13-16-19-22-25-27-30-32-35-38-41-44-47-52(62-56(61)49-46-43-40-37-34-29-24-21-18-15-12-9-6-3)50-55(60)57-53(51-58)54(59)48-45-42-39-36-33-31-28-26-23-20-17-14-11-8-5-2/h7,10,13,16,19,22,25,27,29-30,32,34-35,38,52-54,58-59H,4-6,8-9,11-12,14-15,17-18,20-21,23-24,26,28,31,33,36-37,39-51H2,1-3H3,(H,57,60)/b10-7-,16-13+,22-19+,27-25-,32-30+,34-29-,38-35+. The summed E-state index contributed by atoms with van der Waals surface area (Å²) in [6, 6.07) is -0.732. The second-order valence-corrected chi connectivity index (χ2v) is 17.3. The third-order valence-corrected chi connectivity index (χ3v) is 11.4. The Hall–Kier alpha value is -2.96. The monoisotopic (exact) mass is 864 g/mol. The van der Waals surface area contributed by atoms with E-state index < -0.39 is 18.2 Å². The molecular weight excluding hydrogens is 767 g/mol. The molecule has 0 aromatic carbocycles. The average molecular weight is 864 g/mol. The van der Waals surface area contributed by atoms with Crippen LogP contribution in [-0.4, -0.2) is 46.9 Å². The molecule has 0 aliphatic heterocycles. The number of esters is 1. The van der Waals surface area contributed by atoms with Gasteiger partial charge in [-0.3, -0.25) is 9.59 Å². The van der Waals surface area contributed by atoms with Crippen LogP contribution in [0.4, 0.5) is 0 Å². The van der Waals surface area contributed by atoms with Crippen molar-refractivity contribution in [3.8, 4) is 0 Å². The molecule has 6 nitrogen and oxygen atoms in total. The summed E-state index contributed by atoms with van der Waals surface area (Å²) in [7, 11) is 0. The van der Waals surface area contributed by atoms with Crippen LogP contribution in [0.5, 0.6) is 0 Å². The van der Waals surface area contributed by atoms with Crippen LogP contribution >= 0.6 is 0 Å². The summed E-state index contributed by atoms with van der Waals surface area (Å²) < 4.78 is 5.88. The first-order valence-electron chi connectivity index (χ1n) is 25.9. The number of ether oxygens (including phenoxy) is 1. The van der Waals surface area contributed by atoms with Gasteiger partial charge < -0.3 is 20.3 Å². The van der Waals surface area contributed by atoms with E-state index in [9.17, 15) is 19.8 Å². The Kier molecular flexibility index (Phi) is 46.7. The number of nitrogens with one attached hydrogen (secondary N) is 1. The predicted molar refractivity (Wildman–Crippen MR) is 268 cm³/mol. The molecule has 3 N–H and O–H groups in total. The molecule has 0 aromatic rings. The first-order chi connectivity index (χ1) is 30.5. The molecule has 0 rings (SSSR count). The molecule has 356 valence electrons. The van der Waals surface area contributed by atoms with Crippen molar-refractivity contribution in [3.05, 3.63) is 85.1 Å². The summed E-state index contributed by atoms with van der Waals surface area (Å²) in [5, 5.41) is 23.8. The molecule has 3 atom stereocenters. The number of allylic oxidation sites excluding steroid dienone is 14. The Labute approximate surface area is 383 Å². The molecule has 6 heteroatoms. The lowest BCUT2D eigenvalue weighted by Gasteiger charge is -2.24. The van der Waals surface area contributed by atoms with Gasteiger partial charge in [0, 0.05) is 6.42 Å². The molecular formula is C56H97NO5. The molecule has 0 saturated carbocycles. The van der Waals surface area contributed by atoms with Gasteiger partial charge in [-0.25, -0.2) is 0 Å². The van der Waals surface area contributed by atoms with Crippen LogP contribution in [0.1, 0.15) is 233 Å². The molecule has 0 aliphatic rings. The van der Waals surface area contributed by atoms with Crippen molar-refractivity contribution in [1.82, 2.24) is 5.32 Å². The maximum Gasteiger partial charge on any atom is 0.306 e. The zero-order valence-corrected chi connectivity index (χ0v) is 40.5. The predicted octanol–water partition coefficient (Wildman–Crippen LogP) is 15.6. The quantitative estimate of drug-likeness (QED) is 0.0245. The topological polar surface area (TPSA) is 95.9 Å². The van der Waals surface area contributed by atoms with Crippen LogP contribution in [0.2, 0.25) is 0 Å². The normalized spacial score (nSPS) is 14.0. The second kappa shape index (κ2) is 49.1. The third kappa shape index (κ3) is 43.7. The molecule has 0 radical (unpaired) electrons. The van der Waals surface area contributed by atoms with Gasteiger partial charge in [-0.15, -0.1) is 0 Å². The average Bonchev–Trinajstić information content (AvgIpc) is 3.26. The Bertz CT molecular complexity index is 1200. The Morgan fingerprint density at radius 3 is 1.39 bits per heavy atom. The number of carbonyl (C=O) groups excluding carboxylic acids is 2. The maximum atomic E-state index is 13.2. The lowest BCUT2D eigenvalue weighted by molar-refractivity contribution is -0.151. The smallest absolute Gasteiger partial charge is 0.306 e. The number of hydrogen-bond acceptors (Lipinski definition) is 5. The molecule has 62 heavy (non-hydrogen) atoms. The molecule has 0 heterocycles. The van der Waals surface area contributed by atoms with Crippen molar-refractivity contribution < 1.29 is 24.5 Å². The molecule has 0 fully saturated rings. The lowest BCUT2D eigenvalue weighted by Crippen LogP contribution is -2.46. The van der Waals surface area contributed by atoms with Crippen LogP contribution in [0.15, 0.2) is 85.1 Å². The molecule has 0 aliphatic carbocycles. The summed E-state index contributed by atoms with van der Waals surface area (Å²) in [6.07, 6.45) is 63.6. The van der Waals surface area contributed by atoms with Gasteiger partial charge in [0.15, 0.2) is 0 Å². The number of rotatable bonds is 45. The Morgan fingerprint density at radius 2 is 0.903 bits per heavy atom. The fourth-order valence-corrected chi connectivity index (χ4v) is 7.46. The van der Waals surface area contributed by atoms with Crippen molar-refractivity contribution in [2.24, 2.45) is 0 Å². The summed E-state index contributed by atoms with van der Waals surface area (Å²) in [5.74, 6) is -0.571. The van der Waals surface area contributed by atoms with Gasteiger partial charge in [0.25, 0.3) is 0 Å². The van der Waals surface area contributed by atoms with Crippen LogP contribution in [0.3, 0.4) is 0 Å². The van der Waals surface area contributed by atoms with Crippen molar-refractivity contribution >= 4 is 11.9 Å². The summed E-state index contributed by atoms with van der Waals surface area (Å²) in [6.45, 7) is 6.31. The zero-order chi connectivity index (χ0) is 45.2. The SMILES string of the molecule is CC\C=C/C=C/C=C/C=C\C=C\C=C\CCCC(CC(=O)NC(CO)C(O)CCCCCCCCCCCCCCCCC)OC(=O)CCCCC/C=C\CCCCCCCC. The highest BCUT2D eigenvalue weighted by Crippen LogP contribution is 2.17. The summed E-state index contributed by atoms with van der Waals surface area (Å²) in [4.78, 5) is 26.1. The maximum absolute atomic E-state index is 13.2. The minimum atomic E-state index is -0.814. The van der Waals surface area contributed by atoms with E-state index in [2.05, 4.69) is 50.4 Å².